The molecule has 0 aliphatic heterocycles. The lowest BCUT2D eigenvalue weighted by molar-refractivity contribution is 0.0891. The molecule has 2 N–H and O–H groups in total. The van der Waals surface area contributed by atoms with Gasteiger partial charge in [0.1, 0.15) is 0 Å². The molecule has 2 aliphatic carbocycles. The summed E-state index contributed by atoms with van der Waals surface area (Å²) in [5, 5.41) is 14.3. The van der Waals surface area contributed by atoms with Crippen molar-refractivity contribution < 1.29 is 9.90 Å². The summed E-state index contributed by atoms with van der Waals surface area (Å²) in [6, 6.07) is 3.16. The highest BCUT2D eigenvalue weighted by Gasteiger charge is 2.38. The molecule has 1 saturated carbocycles. The van der Waals surface area contributed by atoms with Crippen LogP contribution >= 0.6 is 23.2 Å². The Morgan fingerprint density at radius 3 is 2.75 bits per heavy atom. The number of nitrogens with zero attached hydrogens (tertiary/aromatic N) is 1. The number of hydrogen-bond donors (Lipinski definition) is 2. The van der Waals surface area contributed by atoms with E-state index in [1.807, 2.05) is 0 Å². The van der Waals surface area contributed by atoms with Crippen LogP contribution in [0.15, 0.2) is 12.1 Å². The minimum Gasteiger partial charge on any atom is -0.390 e. The Kier molecular flexibility index (Phi) is 3.56. The van der Waals surface area contributed by atoms with Crippen molar-refractivity contribution in [2.75, 3.05) is 7.05 Å². The normalized spacial score (nSPS) is 24.4. The molecule has 3 rings (SSSR count). The number of aliphatic hydroxyl groups is 1. The van der Waals surface area contributed by atoms with Gasteiger partial charge in [0, 0.05) is 29.6 Å². The van der Waals surface area contributed by atoms with Crippen molar-refractivity contribution in [1.82, 2.24) is 10.2 Å². The van der Waals surface area contributed by atoms with E-state index in [9.17, 15) is 9.90 Å². The van der Waals surface area contributed by atoms with Gasteiger partial charge in [-0.15, -0.1) is 0 Å². The molecule has 20 heavy (non-hydrogen) atoms. The molecule has 2 aliphatic rings. The summed E-state index contributed by atoms with van der Waals surface area (Å²) in [6.07, 6.45) is 1.84. The second kappa shape index (κ2) is 5.10. The fourth-order valence-electron chi connectivity index (χ4n) is 2.73. The zero-order valence-electron chi connectivity index (χ0n) is 11.1. The third kappa shape index (κ3) is 2.48. The number of halogens is 2. The van der Waals surface area contributed by atoms with E-state index < -0.39 is 12.1 Å². The molecule has 1 aromatic carbocycles. The maximum absolute atomic E-state index is 12.1. The van der Waals surface area contributed by atoms with Gasteiger partial charge in [0.05, 0.1) is 12.1 Å². The largest absolute Gasteiger partial charge is 0.390 e. The lowest BCUT2D eigenvalue weighted by atomic mass is 10.1. The number of hydrogen-bond acceptors (Lipinski definition) is 2. The third-order valence-corrected chi connectivity index (χ3v) is 4.49. The summed E-state index contributed by atoms with van der Waals surface area (Å²) in [7, 11) is 1.69. The van der Waals surface area contributed by atoms with E-state index in [-0.39, 0.29) is 12.1 Å². The Morgan fingerprint density at radius 1 is 1.40 bits per heavy atom. The number of carbonyl (C=O) groups excluding carboxylic acids is 1. The topological polar surface area (TPSA) is 52.6 Å². The standard InChI is InChI=1S/C14H16Cl2N2O2/c1-18(14(20)17-8-2-3-8)13-10-4-7(15)5-11(16)9(10)6-12(13)19/h4-5,8,12-13,19H,2-3,6H2,1H3,(H,17,20). The molecule has 2 atom stereocenters. The molecule has 0 heterocycles. The molecular weight excluding hydrogens is 299 g/mol. The van der Waals surface area contributed by atoms with Crippen LogP contribution in [0, 0.1) is 0 Å². The smallest absolute Gasteiger partial charge is 0.317 e. The lowest BCUT2D eigenvalue weighted by Crippen LogP contribution is -2.43. The Hall–Kier alpha value is -0.970. The first-order chi connectivity index (χ1) is 9.47. The fourth-order valence-corrected chi connectivity index (χ4v) is 3.31. The van der Waals surface area contributed by atoms with Crippen molar-refractivity contribution in [3.63, 3.8) is 0 Å². The highest BCUT2D eigenvalue weighted by atomic mass is 35.5. The fraction of sp³-hybridized carbons (Fsp3) is 0.500. The van der Waals surface area contributed by atoms with E-state index in [0.29, 0.717) is 16.5 Å². The van der Waals surface area contributed by atoms with Crippen LogP contribution in [0.2, 0.25) is 10.0 Å². The maximum Gasteiger partial charge on any atom is 0.317 e. The molecule has 4 nitrogen and oxygen atoms in total. The summed E-state index contributed by atoms with van der Waals surface area (Å²) in [6.45, 7) is 0. The molecule has 0 spiro atoms. The number of aliphatic hydroxyl groups excluding tert-OH is 1. The van der Waals surface area contributed by atoms with Crippen LogP contribution in [0.4, 0.5) is 4.79 Å². The molecule has 2 amide bonds. The van der Waals surface area contributed by atoms with Crippen LogP contribution < -0.4 is 5.32 Å². The van der Waals surface area contributed by atoms with Gasteiger partial charge in [-0.25, -0.2) is 4.79 Å². The summed E-state index contributed by atoms with van der Waals surface area (Å²) in [5.41, 5.74) is 1.71. The predicted molar refractivity (Wildman–Crippen MR) is 78.2 cm³/mol. The van der Waals surface area contributed by atoms with E-state index in [1.165, 1.54) is 0 Å². The van der Waals surface area contributed by atoms with Crippen molar-refractivity contribution in [3.8, 4) is 0 Å². The van der Waals surface area contributed by atoms with Crippen molar-refractivity contribution in [2.24, 2.45) is 0 Å². The second-order valence-corrected chi connectivity index (χ2v) is 6.35. The van der Waals surface area contributed by atoms with Gasteiger partial charge in [-0.2, -0.15) is 0 Å². The average molecular weight is 315 g/mol. The highest BCUT2D eigenvalue weighted by molar-refractivity contribution is 6.35. The van der Waals surface area contributed by atoms with Crippen molar-refractivity contribution >= 4 is 29.2 Å². The number of carbonyl (C=O) groups is 1. The van der Waals surface area contributed by atoms with Crippen LogP contribution in [0.5, 0.6) is 0 Å². The quantitative estimate of drug-likeness (QED) is 0.882. The minimum absolute atomic E-state index is 0.166. The Balaban J connectivity index is 1.88. The van der Waals surface area contributed by atoms with Crippen LogP contribution in [0.25, 0.3) is 0 Å². The number of nitrogens with one attached hydrogen (secondary N) is 1. The molecule has 2 unspecified atom stereocenters. The molecule has 1 aromatic rings. The molecule has 0 bridgehead atoms. The molecule has 108 valence electrons. The average Bonchev–Trinajstić information content (AvgIpc) is 3.11. The molecule has 1 fully saturated rings. The van der Waals surface area contributed by atoms with Gasteiger partial charge in [0.25, 0.3) is 0 Å². The number of rotatable bonds is 2. The molecule has 0 radical (unpaired) electrons. The maximum atomic E-state index is 12.1. The van der Waals surface area contributed by atoms with Crippen LogP contribution in [0.1, 0.15) is 30.0 Å². The van der Waals surface area contributed by atoms with Crippen LogP contribution in [0.3, 0.4) is 0 Å². The number of amides is 2. The summed E-state index contributed by atoms with van der Waals surface area (Å²) in [5.74, 6) is 0. The first kappa shape index (κ1) is 14.0. The minimum atomic E-state index is -0.657. The van der Waals surface area contributed by atoms with Crippen molar-refractivity contribution in [3.05, 3.63) is 33.3 Å². The van der Waals surface area contributed by atoms with E-state index in [1.54, 1.807) is 24.1 Å². The second-order valence-electron chi connectivity index (χ2n) is 5.51. The number of likely N-dealkylation sites (N-methyl/N-ethyl adjacent to an activating group) is 1. The van der Waals surface area contributed by atoms with E-state index in [4.69, 9.17) is 23.2 Å². The SMILES string of the molecule is CN(C(=O)NC1CC1)C1c2cc(Cl)cc(Cl)c2CC1O. The van der Waals surface area contributed by atoms with Gasteiger partial charge in [0.2, 0.25) is 0 Å². The summed E-state index contributed by atoms with van der Waals surface area (Å²) < 4.78 is 0. The molecule has 6 heteroatoms. The van der Waals surface area contributed by atoms with Gasteiger partial charge >= 0.3 is 6.03 Å². The van der Waals surface area contributed by atoms with Gasteiger partial charge in [-0.1, -0.05) is 23.2 Å². The zero-order chi connectivity index (χ0) is 14.4. The van der Waals surface area contributed by atoms with Crippen molar-refractivity contribution in [2.45, 2.75) is 37.5 Å². The Morgan fingerprint density at radius 2 is 2.10 bits per heavy atom. The number of benzene rings is 1. The first-order valence-corrected chi connectivity index (χ1v) is 7.42. The first-order valence-electron chi connectivity index (χ1n) is 6.66. The Labute approximate surface area is 127 Å². The van der Waals surface area contributed by atoms with E-state index >= 15 is 0 Å². The van der Waals surface area contributed by atoms with Crippen LogP contribution in [-0.2, 0) is 6.42 Å². The highest BCUT2D eigenvalue weighted by Crippen LogP contribution is 2.40. The van der Waals surface area contributed by atoms with E-state index in [0.717, 1.165) is 24.0 Å². The van der Waals surface area contributed by atoms with Gasteiger partial charge < -0.3 is 15.3 Å². The summed E-state index contributed by atoms with van der Waals surface area (Å²) >= 11 is 12.2. The third-order valence-electron chi connectivity index (χ3n) is 3.93. The van der Waals surface area contributed by atoms with E-state index in [2.05, 4.69) is 5.32 Å². The molecule has 0 aromatic heterocycles. The zero-order valence-corrected chi connectivity index (χ0v) is 12.6. The monoisotopic (exact) mass is 314 g/mol. The molecule has 0 saturated heterocycles. The van der Waals surface area contributed by atoms with Gasteiger partial charge in [-0.3, -0.25) is 0 Å². The summed E-state index contributed by atoms with van der Waals surface area (Å²) in [4.78, 5) is 13.7. The Bertz CT molecular complexity index is 560. The number of urea groups is 1. The molecular formula is C14H16Cl2N2O2. The van der Waals surface area contributed by atoms with Crippen molar-refractivity contribution in [1.29, 1.82) is 0 Å². The van der Waals surface area contributed by atoms with Crippen LogP contribution in [-0.4, -0.2) is 35.2 Å². The lowest BCUT2D eigenvalue weighted by Gasteiger charge is -2.28. The van der Waals surface area contributed by atoms with Gasteiger partial charge in [-0.05, 0) is 36.1 Å². The van der Waals surface area contributed by atoms with Gasteiger partial charge in [0.15, 0.2) is 0 Å². The number of fused-ring (bicyclic) bond motifs is 1. The predicted octanol–water partition coefficient (Wildman–Crippen LogP) is 2.76.